The lowest BCUT2D eigenvalue weighted by Gasteiger charge is -2.13. The van der Waals surface area contributed by atoms with Crippen molar-refractivity contribution >= 4 is 0 Å². The number of aromatic nitrogens is 1. The molecule has 0 aliphatic carbocycles. The molecular weight excluding hydrogens is 265 g/mol. The van der Waals surface area contributed by atoms with Gasteiger partial charge < -0.3 is 4.57 Å². The van der Waals surface area contributed by atoms with Gasteiger partial charge in [0.25, 0.3) is 5.56 Å². The number of pyridine rings is 1. The highest BCUT2D eigenvalue weighted by Gasteiger charge is 2.10. The fourth-order valence-corrected chi connectivity index (χ4v) is 2.35. The largest absolute Gasteiger partial charge is 0.304 e. The highest BCUT2D eigenvalue weighted by molar-refractivity contribution is 5.60. The zero-order chi connectivity index (χ0) is 14.7. The van der Waals surface area contributed by atoms with Crippen LogP contribution >= 0.6 is 0 Å². The maximum Gasteiger partial charge on any atom is 0.251 e. The summed E-state index contributed by atoms with van der Waals surface area (Å²) in [5.41, 5.74) is 1.89. The molecule has 2 aromatic carbocycles. The van der Waals surface area contributed by atoms with E-state index in [2.05, 4.69) is 0 Å². The summed E-state index contributed by atoms with van der Waals surface area (Å²) in [5, 5.41) is 0. The van der Waals surface area contributed by atoms with Crippen molar-refractivity contribution in [2.75, 3.05) is 0 Å². The van der Waals surface area contributed by atoms with Crippen LogP contribution in [0.3, 0.4) is 0 Å². The Morgan fingerprint density at radius 1 is 0.810 bits per heavy atom. The third-order valence-electron chi connectivity index (χ3n) is 3.38. The number of nitrogens with zero attached hydrogens (tertiary/aromatic N) is 1. The van der Waals surface area contributed by atoms with E-state index in [1.807, 2.05) is 30.3 Å². The second-order valence-corrected chi connectivity index (χ2v) is 4.80. The van der Waals surface area contributed by atoms with Crippen LogP contribution in [0.2, 0.25) is 0 Å². The minimum atomic E-state index is -0.329. The first kappa shape index (κ1) is 13.3. The quantitative estimate of drug-likeness (QED) is 0.716. The van der Waals surface area contributed by atoms with Crippen molar-refractivity contribution < 1.29 is 4.39 Å². The van der Waals surface area contributed by atoms with Gasteiger partial charge in [0.15, 0.2) is 0 Å². The molecule has 0 N–H and O–H groups in total. The van der Waals surface area contributed by atoms with Crippen LogP contribution in [-0.4, -0.2) is 4.57 Å². The average molecular weight is 279 g/mol. The maximum atomic E-state index is 14.0. The summed E-state index contributed by atoms with van der Waals surface area (Å²) in [6.07, 6.45) is 0. The van der Waals surface area contributed by atoms with E-state index in [4.69, 9.17) is 0 Å². The van der Waals surface area contributed by atoms with Crippen molar-refractivity contribution in [3.8, 4) is 11.3 Å². The normalized spacial score (nSPS) is 10.5. The molecule has 0 radical (unpaired) electrons. The van der Waals surface area contributed by atoms with Crippen molar-refractivity contribution in [2.45, 2.75) is 6.54 Å². The van der Waals surface area contributed by atoms with Crippen molar-refractivity contribution in [3.05, 3.63) is 94.5 Å². The molecular formula is C18H14FNO. The molecule has 3 heteroatoms. The van der Waals surface area contributed by atoms with E-state index >= 15 is 0 Å². The van der Waals surface area contributed by atoms with Crippen LogP contribution in [0.15, 0.2) is 77.6 Å². The number of hydrogen-bond donors (Lipinski definition) is 0. The molecule has 0 amide bonds. The second kappa shape index (κ2) is 5.75. The summed E-state index contributed by atoms with van der Waals surface area (Å²) in [7, 11) is 0. The molecule has 104 valence electrons. The minimum Gasteiger partial charge on any atom is -0.304 e. The third-order valence-corrected chi connectivity index (χ3v) is 3.38. The molecule has 0 unspecified atom stereocenters. The first-order chi connectivity index (χ1) is 10.3. The Kier molecular flexibility index (Phi) is 3.65. The Hall–Kier alpha value is -2.68. The van der Waals surface area contributed by atoms with Crippen LogP contribution in [0.4, 0.5) is 4.39 Å². The Morgan fingerprint density at radius 2 is 1.52 bits per heavy atom. The molecule has 2 nitrogen and oxygen atoms in total. The van der Waals surface area contributed by atoms with Crippen molar-refractivity contribution in [1.82, 2.24) is 4.57 Å². The first-order valence-corrected chi connectivity index (χ1v) is 6.74. The maximum absolute atomic E-state index is 14.0. The number of halogens is 1. The van der Waals surface area contributed by atoms with Gasteiger partial charge in [-0.25, -0.2) is 4.39 Å². The molecule has 0 fully saturated rings. The lowest BCUT2D eigenvalue weighted by Crippen LogP contribution is -2.21. The standard InChI is InChI=1S/C18H14FNO/c19-16-10-5-4-9-15(16)17-11-6-12-18(21)20(17)13-14-7-2-1-3-8-14/h1-12H,13H2. The molecule has 1 aromatic heterocycles. The fourth-order valence-electron chi connectivity index (χ4n) is 2.35. The Balaban J connectivity index is 2.13. The van der Waals surface area contributed by atoms with Gasteiger partial charge in [-0.1, -0.05) is 48.5 Å². The number of hydrogen-bond acceptors (Lipinski definition) is 1. The zero-order valence-corrected chi connectivity index (χ0v) is 11.4. The van der Waals surface area contributed by atoms with E-state index in [0.29, 0.717) is 17.8 Å². The first-order valence-electron chi connectivity index (χ1n) is 6.74. The Morgan fingerprint density at radius 3 is 2.29 bits per heavy atom. The van der Waals surface area contributed by atoms with Crippen molar-refractivity contribution in [3.63, 3.8) is 0 Å². The molecule has 0 saturated carbocycles. The van der Waals surface area contributed by atoms with E-state index in [0.717, 1.165) is 5.56 Å². The zero-order valence-electron chi connectivity index (χ0n) is 11.4. The van der Waals surface area contributed by atoms with Crippen LogP contribution in [0, 0.1) is 5.82 Å². The van der Waals surface area contributed by atoms with Gasteiger partial charge in [-0.15, -0.1) is 0 Å². The van der Waals surface area contributed by atoms with Crippen molar-refractivity contribution in [2.24, 2.45) is 0 Å². The average Bonchev–Trinajstić information content (AvgIpc) is 2.51. The van der Waals surface area contributed by atoms with Crippen LogP contribution in [0.5, 0.6) is 0 Å². The SMILES string of the molecule is O=c1cccc(-c2ccccc2F)n1Cc1ccccc1. The van der Waals surface area contributed by atoms with E-state index in [-0.39, 0.29) is 11.4 Å². The second-order valence-electron chi connectivity index (χ2n) is 4.80. The Bertz CT molecular complexity index is 809. The van der Waals surface area contributed by atoms with Gasteiger partial charge in [-0.05, 0) is 23.8 Å². The third kappa shape index (κ3) is 2.77. The van der Waals surface area contributed by atoms with Crippen LogP contribution in [-0.2, 0) is 6.54 Å². The lowest BCUT2D eigenvalue weighted by atomic mass is 10.1. The molecule has 3 aromatic rings. The van der Waals surface area contributed by atoms with Crippen LogP contribution < -0.4 is 5.56 Å². The number of rotatable bonds is 3. The van der Waals surface area contributed by atoms with Crippen LogP contribution in [0.1, 0.15) is 5.56 Å². The molecule has 1 heterocycles. The highest BCUT2D eigenvalue weighted by Crippen LogP contribution is 2.21. The Labute approximate surface area is 122 Å². The number of benzene rings is 2. The summed E-state index contributed by atoms with van der Waals surface area (Å²) in [6, 6.07) is 21.1. The van der Waals surface area contributed by atoms with Gasteiger partial charge in [0.2, 0.25) is 0 Å². The molecule has 0 aliphatic rings. The van der Waals surface area contributed by atoms with E-state index in [9.17, 15) is 9.18 Å². The summed E-state index contributed by atoms with van der Waals surface area (Å²) >= 11 is 0. The molecule has 0 atom stereocenters. The van der Waals surface area contributed by atoms with Gasteiger partial charge in [0.1, 0.15) is 5.82 Å². The minimum absolute atomic E-state index is 0.139. The molecule has 0 saturated heterocycles. The summed E-state index contributed by atoms with van der Waals surface area (Å²) in [6.45, 7) is 0.421. The molecule has 0 aliphatic heterocycles. The predicted octanol–water partition coefficient (Wildman–Crippen LogP) is 3.70. The predicted molar refractivity (Wildman–Crippen MR) is 81.6 cm³/mol. The van der Waals surface area contributed by atoms with Crippen LogP contribution in [0.25, 0.3) is 11.3 Å². The molecule has 0 spiro atoms. The molecule has 0 bridgehead atoms. The fraction of sp³-hybridized carbons (Fsp3) is 0.0556. The smallest absolute Gasteiger partial charge is 0.251 e. The molecule has 3 rings (SSSR count). The monoisotopic (exact) mass is 279 g/mol. The van der Waals surface area contributed by atoms with Gasteiger partial charge in [0, 0.05) is 11.6 Å². The van der Waals surface area contributed by atoms with Crippen molar-refractivity contribution in [1.29, 1.82) is 0 Å². The highest BCUT2D eigenvalue weighted by atomic mass is 19.1. The van der Waals surface area contributed by atoms with Gasteiger partial charge in [-0.2, -0.15) is 0 Å². The van der Waals surface area contributed by atoms with E-state index < -0.39 is 0 Å². The van der Waals surface area contributed by atoms with Gasteiger partial charge >= 0.3 is 0 Å². The van der Waals surface area contributed by atoms with Gasteiger partial charge in [0.05, 0.1) is 12.2 Å². The summed E-state index contributed by atoms with van der Waals surface area (Å²) in [5.74, 6) is -0.329. The van der Waals surface area contributed by atoms with E-state index in [1.165, 1.54) is 12.1 Å². The molecule has 21 heavy (non-hydrogen) atoms. The summed E-state index contributed by atoms with van der Waals surface area (Å²) < 4.78 is 15.6. The van der Waals surface area contributed by atoms with E-state index in [1.54, 1.807) is 34.9 Å². The van der Waals surface area contributed by atoms with Gasteiger partial charge in [-0.3, -0.25) is 4.79 Å². The summed E-state index contributed by atoms with van der Waals surface area (Å²) in [4.78, 5) is 12.2. The topological polar surface area (TPSA) is 22.0 Å². The lowest BCUT2D eigenvalue weighted by molar-refractivity contribution is 0.627.